The molecular weight excluding hydrogens is 119 g/mol. The fourth-order valence-corrected chi connectivity index (χ4v) is 0. The zero-order chi connectivity index (χ0) is 3.58. The first-order chi connectivity index (χ1) is 1.73. The summed E-state index contributed by atoms with van der Waals surface area (Å²) in [6.45, 7) is 0. The van der Waals surface area contributed by atoms with Crippen molar-refractivity contribution in [1.29, 1.82) is 0 Å². The summed E-state index contributed by atoms with van der Waals surface area (Å²) in [7, 11) is 0. The Balaban J connectivity index is 0. The first-order valence-electron chi connectivity index (χ1n) is 0.612. The molecule has 0 aromatic carbocycles. The molecule has 0 radical (unpaired) electrons. The molecule has 0 aliphatic heterocycles. The van der Waals surface area contributed by atoms with Crippen LogP contribution in [0.15, 0.2) is 0 Å². The fourth-order valence-electron chi connectivity index (χ4n) is 0. The summed E-state index contributed by atoms with van der Waals surface area (Å²) in [6, 6.07) is 0. The molecule has 0 atom stereocenters. The van der Waals surface area contributed by atoms with E-state index in [0.29, 0.717) is 0 Å². The molecule has 0 aromatic rings. The maximum atomic E-state index is 8.58. The van der Waals surface area contributed by atoms with Crippen LogP contribution in [0.3, 0.4) is 0 Å². The van der Waals surface area contributed by atoms with Crippen LogP contribution in [0.5, 0.6) is 0 Å². The number of hydrogen-bond acceptors (Lipinski definition) is 3. The molecule has 0 bridgehead atoms. The summed E-state index contributed by atoms with van der Waals surface area (Å²) in [5, 5.41) is 0. The van der Waals surface area contributed by atoms with Crippen LogP contribution < -0.4 is 33.2 Å². The van der Waals surface area contributed by atoms with E-state index in [1.54, 1.807) is 0 Å². The van der Waals surface area contributed by atoms with E-state index in [1.165, 1.54) is 0 Å². The molecule has 0 unspecified atom stereocenters. The molecule has 0 fully saturated rings. The standard InChI is InChI=1S/Na.3O.Ti/q+1;;;-1;. The predicted octanol–water partition coefficient (Wildman–Crippen LogP) is -4.43. The Kier molecular flexibility index (Phi) is 10.1. The van der Waals surface area contributed by atoms with Crippen LogP contribution in [0.1, 0.15) is 0 Å². The molecular formula is NaO3Ti. The second-order valence-corrected chi connectivity index (χ2v) is 1.03. The van der Waals surface area contributed by atoms with Crippen molar-refractivity contribution in [2.75, 3.05) is 0 Å². The molecule has 3 nitrogen and oxygen atoms in total. The fraction of sp³-hybridized carbons (Fsp3) is 0. The van der Waals surface area contributed by atoms with Crippen molar-refractivity contribution in [3.8, 4) is 0 Å². The zero-order valence-corrected chi connectivity index (χ0v) is 6.29. The molecule has 5 heavy (non-hydrogen) atoms. The van der Waals surface area contributed by atoms with Gasteiger partial charge in [-0.3, -0.25) is 0 Å². The second-order valence-electron chi connectivity index (χ2n) is 0.250. The molecule has 0 heterocycles. The Bertz CT molecular complexity index is 55.3. The van der Waals surface area contributed by atoms with Gasteiger partial charge in [-0.25, -0.2) is 0 Å². The topological polar surface area (TPSA) is 57.2 Å². The molecule has 23 valence electrons. The van der Waals surface area contributed by atoms with E-state index in [0.717, 1.165) is 0 Å². The molecule has 0 saturated heterocycles. The van der Waals surface area contributed by atoms with Gasteiger partial charge in [-0.1, -0.05) is 0 Å². The quantitative estimate of drug-likeness (QED) is 0.302. The van der Waals surface area contributed by atoms with Gasteiger partial charge >= 0.3 is 58.1 Å². The Morgan fingerprint density at radius 2 is 1.40 bits per heavy atom. The third kappa shape index (κ3) is 34.8. The summed E-state index contributed by atoms with van der Waals surface area (Å²) in [4.78, 5) is 0. The monoisotopic (exact) mass is 119 g/mol. The van der Waals surface area contributed by atoms with Gasteiger partial charge in [0.1, 0.15) is 0 Å². The van der Waals surface area contributed by atoms with Crippen LogP contribution in [-0.4, -0.2) is 0 Å². The van der Waals surface area contributed by atoms with Gasteiger partial charge in [0.05, 0.1) is 0 Å². The van der Waals surface area contributed by atoms with Crippen LogP contribution in [0, 0.1) is 0 Å². The summed E-state index contributed by atoms with van der Waals surface area (Å²) >= 11 is -4.08. The van der Waals surface area contributed by atoms with Crippen molar-refractivity contribution < 1.29 is 58.1 Å². The van der Waals surface area contributed by atoms with E-state index in [1.807, 2.05) is 0 Å². The summed E-state index contributed by atoms with van der Waals surface area (Å²) in [5.41, 5.74) is 0. The van der Waals surface area contributed by atoms with E-state index in [9.17, 15) is 0 Å². The molecule has 0 N–H and O–H groups in total. The van der Waals surface area contributed by atoms with E-state index >= 15 is 0 Å². The summed E-state index contributed by atoms with van der Waals surface area (Å²) < 4.78 is 25.8. The van der Waals surface area contributed by atoms with Crippen LogP contribution in [-0.2, 0) is 24.8 Å². The SMILES string of the molecule is [Na+].[O]=[Ti](=[O])[O-]. The van der Waals surface area contributed by atoms with Crippen LogP contribution >= 0.6 is 0 Å². The van der Waals surface area contributed by atoms with E-state index in [4.69, 9.17) is 10.3 Å². The van der Waals surface area contributed by atoms with Crippen molar-refractivity contribution in [3.63, 3.8) is 0 Å². The molecule has 0 aliphatic carbocycles. The molecule has 0 spiro atoms. The molecule has 0 amide bonds. The van der Waals surface area contributed by atoms with Crippen LogP contribution in [0.25, 0.3) is 0 Å². The Hall–Kier alpha value is 1.27. The Morgan fingerprint density at radius 1 is 1.40 bits per heavy atom. The van der Waals surface area contributed by atoms with Gasteiger partial charge in [0.25, 0.3) is 0 Å². The third-order valence-electron chi connectivity index (χ3n) is 0. The first-order valence-corrected chi connectivity index (χ1v) is 2.52. The van der Waals surface area contributed by atoms with Crippen molar-refractivity contribution >= 4 is 0 Å². The first kappa shape index (κ1) is 9.55. The average molecular weight is 119 g/mol. The van der Waals surface area contributed by atoms with E-state index in [-0.39, 0.29) is 29.6 Å². The van der Waals surface area contributed by atoms with Gasteiger partial charge in [-0.05, 0) is 0 Å². The van der Waals surface area contributed by atoms with Gasteiger partial charge in [0.2, 0.25) is 0 Å². The minimum atomic E-state index is -4.08. The minimum absolute atomic E-state index is 0. The molecule has 0 rings (SSSR count). The molecule has 0 aromatic heterocycles. The number of hydrogen-bond donors (Lipinski definition) is 0. The predicted molar refractivity (Wildman–Crippen MR) is 1.37 cm³/mol. The van der Waals surface area contributed by atoms with E-state index < -0.39 is 18.2 Å². The van der Waals surface area contributed by atoms with Gasteiger partial charge < -0.3 is 0 Å². The number of rotatable bonds is 0. The normalized spacial score (nSPS) is 5.00. The van der Waals surface area contributed by atoms with Gasteiger partial charge in [0.15, 0.2) is 0 Å². The zero-order valence-electron chi connectivity index (χ0n) is 2.72. The van der Waals surface area contributed by atoms with Crippen molar-refractivity contribution in [1.82, 2.24) is 0 Å². The van der Waals surface area contributed by atoms with Crippen LogP contribution in [0.4, 0.5) is 0 Å². The third-order valence-corrected chi connectivity index (χ3v) is 0. The Labute approximate surface area is 57.6 Å². The summed E-state index contributed by atoms with van der Waals surface area (Å²) in [5.74, 6) is 0. The summed E-state index contributed by atoms with van der Waals surface area (Å²) in [6.07, 6.45) is 0. The molecule has 0 saturated carbocycles. The van der Waals surface area contributed by atoms with Crippen LogP contribution in [0.2, 0.25) is 0 Å². The second kappa shape index (κ2) is 5.27. The van der Waals surface area contributed by atoms with Crippen molar-refractivity contribution in [3.05, 3.63) is 0 Å². The Morgan fingerprint density at radius 3 is 1.40 bits per heavy atom. The molecule has 5 heteroatoms. The average Bonchev–Trinajstić information content (AvgIpc) is 0.811. The van der Waals surface area contributed by atoms with E-state index in [2.05, 4.69) is 0 Å². The van der Waals surface area contributed by atoms with Gasteiger partial charge in [0, 0.05) is 0 Å². The van der Waals surface area contributed by atoms with Crippen molar-refractivity contribution in [2.24, 2.45) is 0 Å². The maximum absolute atomic E-state index is 8.58. The van der Waals surface area contributed by atoms with Crippen molar-refractivity contribution in [2.45, 2.75) is 0 Å². The van der Waals surface area contributed by atoms with Gasteiger partial charge in [-0.2, -0.15) is 0 Å². The molecule has 0 aliphatic rings. The van der Waals surface area contributed by atoms with Gasteiger partial charge in [-0.15, -0.1) is 0 Å².